The third kappa shape index (κ3) is 5.39. The van der Waals surface area contributed by atoms with Gasteiger partial charge < -0.3 is 4.74 Å². The Kier molecular flexibility index (Phi) is 7.26. The first-order valence-corrected chi connectivity index (χ1v) is 11.7. The molecule has 0 atom stereocenters. The topological polar surface area (TPSA) is 63.7 Å². The zero-order valence-corrected chi connectivity index (χ0v) is 19.3. The maximum atomic E-state index is 13.4. The number of benzene rings is 3. The molecule has 3 aromatic rings. The van der Waals surface area contributed by atoms with Gasteiger partial charge in [-0.1, -0.05) is 60.0 Å². The minimum absolute atomic E-state index is 0.00976. The van der Waals surface area contributed by atoms with Crippen LogP contribution >= 0.6 is 23.2 Å². The molecule has 0 aliphatic carbocycles. The number of halogens is 2. The molecule has 0 aliphatic rings. The number of hydrogen-bond donors (Lipinski definition) is 0. The van der Waals surface area contributed by atoms with Crippen molar-refractivity contribution in [2.45, 2.75) is 25.2 Å². The highest BCUT2D eigenvalue weighted by Gasteiger charge is 2.31. The Morgan fingerprint density at radius 3 is 2.19 bits per heavy atom. The van der Waals surface area contributed by atoms with Crippen LogP contribution in [-0.2, 0) is 21.2 Å². The van der Waals surface area contributed by atoms with Gasteiger partial charge in [0.2, 0.25) is 0 Å². The van der Waals surface area contributed by atoms with Gasteiger partial charge in [0, 0.05) is 5.02 Å². The second-order valence-electron chi connectivity index (χ2n) is 6.86. The summed E-state index contributed by atoms with van der Waals surface area (Å²) in [5, 5.41) is 0.642. The van der Waals surface area contributed by atoms with Gasteiger partial charge in [0.15, 0.2) is 6.61 Å². The Morgan fingerprint density at radius 1 is 0.968 bits per heavy atom. The highest BCUT2D eigenvalue weighted by Crippen LogP contribution is 2.29. The number of carbonyl (C=O) groups excluding carboxylic acids is 1. The predicted molar refractivity (Wildman–Crippen MR) is 124 cm³/mol. The number of rotatable bonds is 7. The molecule has 0 radical (unpaired) electrons. The number of aryl methyl sites for hydroxylation is 2. The zero-order valence-electron chi connectivity index (χ0n) is 17.0. The Morgan fingerprint density at radius 2 is 1.61 bits per heavy atom. The molecule has 162 valence electrons. The Bertz CT molecular complexity index is 1180. The highest BCUT2D eigenvalue weighted by atomic mass is 35.5. The largest absolute Gasteiger partial charge is 0.482 e. The van der Waals surface area contributed by atoms with Gasteiger partial charge in [-0.2, -0.15) is 4.31 Å². The third-order valence-electron chi connectivity index (χ3n) is 4.61. The van der Waals surface area contributed by atoms with Crippen LogP contribution in [0.15, 0.2) is 71.6 Å². The van der Waals surface area contributed by atoms with E-state index in [2.05, 4.69) is 0 Å². The first-order chi connectivity index (χ1) is 14.7. The van der Waals surface area contributed by atoms with Crippen LogP contribution in [0.4, 0.5) is 5.69 Å². The van der Waals surface area contributed by atoms with E-state index in [1.807, 2.05) is 13.8 Å². The number of carbonyl (C=O) groups is 1. The van der Waals surface area contributed by atoms with Crippen LogP contribution in [0.1, 0.15) is 18.1 Å². The Balaban J connectivity index is 1.96. The predicted octanol–water partition coefficient (Wildman–Crippen LogP) is 5.67. The van der Waals surface area contributed by atoms with E-state index >= 15 is 0 Å². The summed E-state index contributed by atoms with van der Waals surface area (Å²) in [5.74, 6) is -0.524. The minimum Gasteiger partial charge on any atom is -0.482 e. The summed E-state index contributed by atoms with van der Waals surface area (Å²) in [5.41, 5.74) is 2.16. The fourth-order valence-corrected chi connectivity index (χ4v) is 4.76. The van der Waals surface area contributed by atoms with E-state index in [0.29, 0.717) is 5.02 Å². The van der Waals surface area contributed by atoms with E-state index in [-0.39, 0.29) is 21.4 Å². The van der Waals surface area contributed by atoms with Crippen LogP contribution in [0.3, 0.4) is 0 Å². The van der Waals surface area contributed by atoms with E-state index in [0.717, 1.165) is 21.9 Å². The van der Waals surface area contributed by atoms with Gasteiger partial charge in [-0.3, -0.25) is 4.79 Å². The second-order valence-corrected chi connectivity index (χ2v) is 9.49. The van der Waals surface area contributed by atoms with Crippen molar-refractivity contribution in [3.05, 3.63) is 87.9 Å². The van der Waals surface area contributed by atoms with Crippen molar-refractivity contribution in [3.63, 3.8) is 0 Å². The van der Waals surface area contributed by atoms with Crippen LogP contribution < -0.4 is 9.04 Å². The average molecular weight is 478 g/mol. The highest BCUT2D eigenvalue weighted by molar-refractivity contribution is 7.93. The van der Waals surface area contributed by atoms with Gasteiger partial charge in [-0.05, 0) is 61.4 Å². The number of sulfonamides is 1. The summed E-state index contributed by atoms with van der Waals surface area (Å²) < 4.78 is 33.0. The zero-order chi connectivity index (χ0) is 22.6. The molecule has 31 heavy (non-hydrogen) atoms. The van der Waals surface area contributed by atoms with Crippen LogP contribution in [-0.4, -0.2) is 20.9 Å². The first kappa shape index (κ1) is 23.1. The van der Waals surface area contributed by atoms with Crippen molar-refractivity contribution < 1.29 is 17.9 Å². The normalized spacial score (nSPS) is 11.2. The van der Waals surface area contributed by atoms with Crippen molar-refractivity contribution in [3.8, 4) is 5.75 Å². The summed E-state index contributed by atoms with van der Waals surface area (Å²) >= 11 is 12.0. The van der Waals surface area contributed by atoms with Crippen molar-refractivity contribution >= 4 is 44.8 Å². The molecule has 0 saturated heterocycles. The molecule has 0 aliphatic heterocycles. The molecule has 5 nitrogen and oxygen atoms in total. The molecule has 3 rings (SSSR count). The first-order valence-electron chi connectivity index (χ1n) is 9.54. The number of anilines is 1. The van der Waals surface area contributed by atoms with Gasteiger partial charge in [-0.15, -0.1) is 0 Å². The van der Waals surface area contributed by atoms with Crippen molar-refractivity contribution in [2.75, 3.05) is 10.9 Å². The minimum atomic E-state index is -4.16. The van der Waals surface area contributed by atoms with Gasteiger partial charge >= 0.3 is 0 Å². The molecular formula is C23H21Cl2NO4S. The van der Waals surface area contributed by atoms with E-state index in [9.17, 15) is 13.2 Å². The van der Waals surface area contributed by atoms with Gasteiger partial charge in [0.05, 0.1) is 15.6 Å². The van der Waals surface area contributed by atoms with Crippen molar-refractivity contribution in [2.24, 2.45) is 0 Å². The number of nitrogens with zero attached hydrogens (tertiary/aromatic N) is 1. The number of hydrogen-bond acceptors (Lipinski definition) is 4. The quantitative estimate of drug-likeness (QED) is 0.439. The smallest absolute Gasteiger partial charge is 0.278 e. The average Bonchev–Trinajstić information content (AvgIpc) is 2.74. The molecule has 1 amide bonds. The SMILES string of the molecule is CCc1ccc(N(C(=O)COc2ccc(Cl)cc2Cl)S(=O)(=O)c2ccc(C)cc2)cc1. The molecule has 0 unspecified atom stereocenters. The molecule has 0 bridgehead atoms. The lowest BCUT2D eigenvalue weighted by atomic mass is 10.1. The summed E-state index contributed by atoms with van der Waals surface area (Å²) in [6.45, 7) is 3.32. The maximum absolute atomic E-state index is 13.4. The molecule has 0 N–H and O–H groups in total. The summed E-state index contributed by atoms with van der Waals surface area (Å²) in [6, 6.07) is 17.7. The Labute approximate surface area is 192 Å². The van der Waals surface area contributed by atoms with Gasteiger partial charge in [0.25, 0.3) is 15.9 Å². The maximum Gasteiger partial charge on any atom is 0.278 e. The Hall–Kier alpha value is -2.54. The van der Waals surface area contributed by atoms with Crippen LogP contribution in [0.2, 0.25) is 10.0 Å². The fourth-order valence-electron chi connectivity index (χ4n) is 2.89. The van der Waals surface area contributed by atoms with Crippen molar-refractivity contribution in [1.82, 2.24) is 0 Å². The molecule has 0 spiro atoms. The lowest BCUT2D eigenvalue weighted by Gasteiger charge is -2.23. The summed E-state index contributed by atoms with van der Waals surface area (Å²) in [6.07, 6.45) is 0.789. The monoisotopic (exact) mass is 477 g/mol. The number of ether oxygens (including phenoxy) is 1. The molecule has 0 aromatic heterocycles. The van der Waals surface area contributed by atoms with E-state index in [4.69, 9.17) is 27.9 Å². The third-order valence-corrected chi connectivity index (χ3v) is 6.90. The van der Waals surface area contributed by atoms with Crippen LogP contribution in [0.25, 0.3) is 0 Å². The molecule has 0 fully saturated rings. The molecule has 3 aromatic carbocycles. The van der Waals surface area contributed by atoms with E-state index in [1.54, 1.807) is 42.5 Å². The lowest BCUT2D eigenvalue weighted by Crippen LogP contribution is -2.40. The number of amides is 1. The van der Waals surface area contributed by atoms with Crippen LogP contribution in [0, 0.1) is 6.92 Å². The fraction of sp³-hybridized carbons (Fsp3) is 0.174. The molecule has 0 saturated carbocycles. The standard InChI is InChI=1S/C23H21Cl2NO4S/c1-3-17-6-9-19(10-7-17)26(31(28,29)20-11-4-16(2)5-12-20)23(27)15-30-22-13-8-18(24)14-21(22)25/h4-14H,3,15H2,1-2H3. The van der Waals surface area contributed by atoms with E-state index in [1.165, 1.54) is 24.3 Å². The molecule has 8 heteroatoms. The van der Waals surface area contributed by atoms with Crippen molar-refractivity contribution in [1.29, 1.82) is 0 Å². The van der Waals surface area contributed by atoms with E-state index < -0.39 is 22.5 Å². The van der Waals surface area contributed by atoms with Gasteiger partial charge in [0.1, 0.15) is 5.75 Å². The lowest BCUT2D eigenvalue weighted by molar-refractivity contribution is -0.119. The second kappa shape index (κ2) is 9.73. The summed E-state index contributed by atoms with van der Waals surface area (Å²) in [7, 11) is -4.16. The van der Waals surface area contributed by atoms with Crippen LogP contribution in [0.5, 0.6) is 5.75 Å². The van der Waals surface area contributed by atoms with Gasteiger partial charge in [-0.25, -0.2) is 8.42 Å². The summed E-state index contributed by atoms with van der Waals surface area (Å²) in [4.78, 5) is 13.1. The molecular weight excluding hydrogens is 457 g/mol. The molecule has 0 heterocycles.